The summed E-state index contributed by atoms with van der Waals surface area (Å²) in [5.74, 6) is -0.835. The van der Waals surface area contributed by atoms with E-state index in [0.29, 0.717) is 11.6 Å². The van der Waals surface area contributed by atoms with Crippen LogP contribution in [0.4, 0.5) is 0 Å². The van der Waals surface area contributed by atoms with Crippen molar-refractivity contribution in [2.75, 3.05) is 0 Å². The van der Waals surface area contributed by atoms with Crippen molar-refractivity contribution in [2.24, 2.45) is 5.16 Å². The molecule has 0 unspecified atom stereocenters. The Morgan fingerprint density at radius 1 is 0.964 bits per heavy atom. The van der Waals surface area contributed by atoms with Crippen LogP contribution in [0, 0.1) is 0 Å². The van der Waals surface area contributed by atoms with Gasteiger partial charge in [-0.2, -0.15) is 0 Å². The van der Waals surface area contributed by atoms with Crippen LogP contribution in [0.3, 0.4) is 0 Å². The van der Waals surface area contributed by atoms with Crippen molar-refractivity contribution >= 4 is 23.3 Å². The molecule has 0 heterocycles. The number of carboxylic acid groups (broad SMARTS) is 1. The van der Waals surface area contributed by atoms with Crippen molar-refractivity contribution in [1.29, 1.82) is 0 Å². The lowest BCUT2D eigenvalue weighted by molar-refractivity contribution is -0.136. The molecule has 0 aliphatic heterocycles. The molecule has 0 bridgehead atoms. The molecule has 0 aliphatic rings. The molecule has 0 fully saturated rings. The maximum absolute atomic E-state index is 10.9. The van der Waals surface area contributed by atoms with E-state index in [1.54, 1.807) is 0 Å². The molecule has 3 rings (SSSR count). The van der Waals surface area contributed by atoms with Crippen molar-refractivity contribution < 1.29 is 14.7 Å². The van der Waals surface area contributed by atoms with E-state index in [2.05, 4.69) is 5.16 Å². The minimum Gasteiger partial charge on any atom is -0.481 e. The molecular formula is C23H20ClNO3. The molecule has 0 aromatic heterocycles. The summed E-state index contributed by atoms with van der Waals surface area (Å²) < 4.78 is 0. The lowest BCUT2D eigenvalue weighted by atomic mass is 10.00. The van der Waals surface area contributed by atoms with Crippen LogP contribution in [0.1, 0.15) is 23.6 Å². The molecule has 0 saturated heterocycles. The number of oxime groups is 1. The van der Waals surface area contributed by atoms with Crippen LogP contribution in [-0.4, -0.2) is 16.8 Å². The molecule has 0 aliphatic carbocycles. The van der Waals surface area contributed by atoms with E-state index in [4.69, 9.17) is 21.5 Å². The molecule has 4 nitrogen and oxygen atoms in total. The fourth-order valence-electron chi connectivity index (χ4n) is 2.78. The van der Waals surface area contributed by atoms with Crippen LogP contribution in [-0.2, 0) is 22.7 Å². The molecule has 1 N–H and O–H groups in total. The summed E-state index contributed by atoms with van der Waals surface area (Å²) in [7, 11) is 0. The number of halogens is 1. The van der Waals surface area contributed by atoms with Crippen LogP contribution in [0.15, 0.2) is 78.0 Å². The van der Waals surface area contributed by atoms with E-state index in [0.717, 1.165) is 33.5 Å². The fraction of sp³-hybridized carbons (Fsp3) is 0.130. The highest BCUT2D eigenvalue weighted by atomic mass is 35.5. The molecule has 0 atom stereocenters. The summed E-state index contributed by atoms with van der Waals surface area (Å²) in [5, 5.41) is 13.8. The highest BCUT2D eigenvalue weighted by Crippen LogP contribution is 2.22. The maximum atomic E-state index is 10.9. The highest BCUT2D eigenvalue weighted by Gasteiger charge is 2.05. The Morgan fingerprint density at radius 3 is 2.36 bits per heavy atom. The average Bonchev–Trinajstić information content (AvgIpc) is 2.69. The Morgan fingerprint density at radius 2 is 1.68 bits per heavy atom. The zero-order valence-electron chi connectivity index (χ0n) is 15.4. The summed E-state index contributed by atoms with van der Waals surface area (Å²) in [6.45, 7) is 2.27. The van der Waals surface area contributed by atoms with E-state index < -0.39 is 5.97 Å². The van der Waals surface area contributed by atoms with Crippen molar-refractivity contribution in [3.05, 3.63) is 94.5 Å². The van der Waals surface area contributed by atoms with Gasteiger partial charge in [-0.1, -0.05) is 77.4 Å². The van der Waals surface area contributed by atoms with Gasteiger partial charge in [0, 0.05) is 5.02 Å². The van der Waals surface area contributed by atoms with Gasteiger partial charge < -0.3 is 9.94 Å². The quantitative estimate of drug-likeness (QED) is 0.421. The van der Waals surface area contributed by atoms with E-state index >= 15 is 0 Å². The first-order valence-corrected chi connectivity index (χ1v) is 9.21. The smallest absolute Gasteiger partial charge is 0.307 e. The second-order valence-electron chi connectivity index (χ2n) is 6.42. The Kier molecular flexibility index (Phi) is 6.45. The third kappa shape index (κ3) is 5.44. The number of hydrogen-bond donors (Lipinski definition) is 1. The minimum atomic E-state index is -0.835. The Balaban J connectivity index is 1.66. The van der Waals surface area contributed by atoms with Gasteiger partial charge in [0.15, 0.2) is 0 Å². The monoisotopic (exact) mass is 393 g/mol. The molecular weight excluding hydrogens is 374 g/mol. The number of hydrogen-bond acceptors (Lipinski definition) is 3. The van der Waals surface area contributed by atoms with E-state index in [1.165, 1.54) is 0 Å². The first kappa shape index (κ1) is 19.6. The molecule has 0 radical (unpaired) electrons. The first-order valence-electron chi connectivity index (χ1n) is 8.84. The molecule has 0 amide bonds. The van der Waals surface area contributed by atoms with Crippen molar-refractivity contribution in [1.82, 2.24) is 0 Å². The molecule has 28 heavy (non-hydrogen) atoms. The molecule has 0 spiro atoms. The molecule has 3 aromatic rings. The average molecular weight is 394 g/mol. The summed E-state index contributed by atoms with van der Waals surface area (Å²) in [4.78, 5) is 16.3. The SMILES string of the molecule is CC(=NOCc1ccc(Cl)cc1)c1ccc(-c2cccc(CC(=O)O)c2)cc1. The standard InChI is InChI=1S/C23H20ClNO3/c1-16(25-28-15-17-5-11-22(24)12-6-17)19-7-9-20(10-8-19)21-4-2-3-18(13-21)14-23(26)27/h2-13H,14-15H2,1H3,(H,26,27). The molecule has 5 heteroatoms. The Bertz CT molecular complexity index is 979. The van der Waals surface area contributed by atoms with Gasteiger partial charge in [0.2, 0.25) is 0 Å². The number of aliphatic carboxylic acids is 1. The normalized spacial score (nSPS) is 11.3. The summed E-state index contributed by atoms with van der Waals surface area (Å²) in [6.07, 6.45) is 0.0165. The van der Waals surface area contributed by atoms with Gasteiger partial charge in [-0.25, -0.2) is 0 Å². The van der Waals surface area contributed by atoms with E-state index in [-0.39, 0.29) is 6.42 Å². The highest BCUT2D eigenvalue weighted by molar-refractivity contribution is 6.30. The number of carboxylic acids is 1. The first-order chi connectivity index (χ1) is 13.5. The Hall–Kier alpha value is -3.11. The number of rotatable bonds is 7. The number of carbonyl (C=O) groups is 1. The van der Waals surface area contributed by atoms with Gasteiger partial charge in [-0.05, 0) is 46.9 Å². The third-order valence-electron chi connectivity index (χ3n) is 4.26. The second-order valence-corrected chi connectivity index (χ2v) is 6.86. The number of benzene rings is 3. The van der Waals surface area contributed by atoms with E-state index in [1.807, 2.05) is 79.7 Å². The maximum Gasteiger partial charge on any atom is 0.307 e. The van der Waals surface area contributed by atoms with Gasteiger partial charge in [0.25, 0.3) is 0 Å². The summed E-state index contributed by atoms with van der Waals surface area (Å²) >= 11 is 5.87. The van der Waals surface area contributed by atoms with Gasteiger partial charge in [0.05, 0.1) is 12.1 Å². The zero-order valence-corrected chi connectivity index (χ0v) is 16.2. The van der Waals surface area contributed by atoms with Crippen LogP contribution >= 0.6 is 11.6 Å². The van der Waals surface area contributed by atoms with Crippen LogP contribution in [0.25, 0.3) is 11.1 Å². The predicted molar refractivity (Wildman–Crippen MR) is 112 cm³/mol. The van der Waals surface area contributed by atoms with Crippen LogP contribution in [0.2, 0.25) is 5.02 Å². The summed E-state index contributed by atoms with van der Waals surface area (Å²) in [5.41, 5.74) is 5.52. The fourth-order valence-corrected chi connectivity index (χ4v) is 2.90. The Labute approximate surface area is 169 Å². The van der Waals surface area contributed by atoms with Gasteiger partial charge >= 0.3 is 5.97 Å². The van der Waals surface area contributed by atoms with Crippen molar-refractivity contribution in [3.8, 4) is 11.1 Å². The van der Waals surface area contributed by atoms with Gasteiger partial charge in [-0.15, -0.1) is 0 Å². The van der Waals surface area contributed by atoms with Gasteiger partial charge in [-0.3, -0.25) is 4.79 Å². The van der Waals surface area contributed by atoms with Crippen molar-refractivity contribution in [3.63, 3.8) is 0 Å². The minimum absolute atomic E-state index is 0.0165. The predicted octanol–water partition coefficient (Wildman–Crippen LogP) is 5.57. The molecule has 3 aromatic carbocycles. The summed E-state index contributed by atoms with van der Waals surface area (Å²) in [6, 6.07) is 23.0. The molecule has 142 valence electrons. The largest absolute Gasteiger partial charge is 0.481 e. The topological polar surface area (TPSA) is 58.9 Å². The lowest BCUT2D eigenvalue weighted by Crippen LogP contribution is -2.00. The zero-order chi connectivity index (χ0) is 19.9. The molecule has 0 saturated carbocycles. The van der Waals surface area contributed by atoms with Crippen LogP contribution in [0.5, 0.6) is 0 Å². The third-order valence-corrected chi connectivity index (χ3v) is 4.52. The van der Waals surface area contributed by atoms with E-state index in [9.17, 15) is 4.79 Å². The lowest BCUT2D eigenvalue weighted by Gasteiger charge is -2.07. The van der Waals surface area contributed by atoms with Gasteiger partial charge in [0.1, 0.15) is 6.61 Å². The van der Waals surface area contributed by atoms with Crippen molar-refractivity contribution in [2.45, 2.75) is 20.0 Å². The van der Waals surface area contributed by atoms with Crippen LogP contribution < -0.4 is 0 Å². The number of nitrogens with zero attached hydrogens (tertiary/aromatic N) is 1. The second kappa shape index (κ2) is 9.20.